The predicted molar refractivity (Wildman–Crippen MR) is 208 cm³/mol. The molecule has 3 aromatic heterocycles. The fourth-order valence-corrected chi connectivity index (χ4v) is 7.94. The van der Waals surface area contributed by atoms with Crippen molar-refractivity contribution in [3.63, 3.8) is 0 Å². The van der Waals surface area contributed by atoms with Gasteiger partial charge in [0.2, 0.25) is 0 Å². The molecule has 0 aliphatic carbocycles. The van der Waals surface area contributed by atoms with Gasteiger partial charge in [-0.1, -0.05) is 97.1 Å². The second-order valence-electron chi connectivity index (χ2n) is 12.9. The van der Waals surface area contributed by atoms with Crippen LogP contribution in [0.15, 0.2) is 179 Å². The van der Waals surface area contributed by atoms with Crippen molar-refractivity contribution in [1.29, 1.82) is 0 Å². The first kappa shape index (κ1) is 27.2. The van der Waals surface area contributed by atoms with Crippen LogP contribution in [0.4, 0.5) is 17.1 Å². The van der Waals surface area contributed by atoms with E-state index in [1.807, 2.05) is 12.1 Å². The molecular formula is C46H28N2O2. The van der Waals surface area contributed by atoms with Crippen LogP contribution < -0.4 is 4.90 Å². The summed E-state index contributed by atoms with van der Waals surface area (Å²) in [4.78, 5) is 2.35. The third-order valence-electron chi connectivity index (χ3n) is 10.2. The molecular weight excluding hydrogens is 613 g/mol. The van der Waals surface area contributed by atoms with Crippen LogP contribution in [0.5, 0.6) is 0 Å². The molecule has 0 atom stereocenters. The third kappa shape index (κ3) is 3.87. The minimum Gasteiger partial charge on any atom is -0.456 e. The fraction of sp³-hybridized carbons (Fsp3) is 0. The number of fused-ring (bicyclic) bond motifs is 11. The van der Waals surface area contributed by atoms with Crippen molar-refractivity contribution in [3.05, 3.63) is 170 Å². The highest BCUT2D eigenvalue weighted by molar-refractivity contribution is 6.17. The highest BCUT2D eigenvalue weighted by Gasteiger charge is 2.23. The van der Waals surface area contributed by atoms with Gasteiger partial charge in [-0.05, 0) is 66.0 Å². The average molecular weight is 641 g/mol. The van der Waals surface area contributed by atoms with E-state index in [4.69, 9.17) is 8.83 Å². The van der Waals surface area contributed by atoms with Crippen molar-refractivity contribution in [2.24, 2.45) is 0 Å². The van der Waals surface area contributed by atoms with E-state index in [9.17, 15) is 0 Å². The summed E-state index contributed by atoms with van der Waals surface area (Å²) in [5.74, 6) is 0. The van der Waals surface area contributed by atoms with E-state index >= 15 is 0 Å². The van der Waals surface area contributed by atoms with Gasteiger partial charge in [0.25, 0.3) is 0 Å². The van der Waals surface area contributed by atoms with Crippen LogP contribution in [-0.2, 0) is 0 Å². The monoisotopic (exact) mass is 640 g/mol. The van der Waals surface area contributed by atoms with Gasteiger partial charge in [0.15, 0.2) is 0 Å². The molecule has 3 heterocycles. The largest absolute Gasteiger partial charge is 0.456 e. The van der Waals surface area contributed by atoms with Gasteiger partial charge in [-0.15, -0.1) is 0 Å². The first-order chi connectivity index (χ1) is 24.8. The van der Waals surface area contributed by atoms with Gasteiger partial charge in [-0.2, -0.15) is 0 Å². The number of aromatic nitrogens is 1. The van der Waals surface area contributed by atoms with Crippen molar-refractivity contribution in [1.82, 2.24) is 4.57 Å². The fourth-order valence-electron chi connectivity index (χ4n) is 7.94. The molecule has 234 valence electrons. The number of anilines is 3. The van der Waals surface area contributed by atoms with Gasteiger partial charge in [-0.25, -0.2) is 0 Å². The molecule has 8 aromatic carbocycles. The van der Waals surface area contributed by atoms with E-state index in [0.29, 0.717) is 0 Å². The van der Waals surface area contributed by atoms with Crippen molar-refractivity contribution >= 4 is 93.5 Å². The lowest BCUT2D eigenvalue weighted by atomic mass is 10.1. The highest BCUT2D eigenvalue weighted by Crippen LogP contribution is 2.46. The van der Waals surface area contributed by atoms with E-state index in [0.717, 1.165) is 83.0 Å². The van der Waals surface area contributed by atoms with Crippen molar-refractivity contribution < 1.29 is 8.83 Å². The van der Waals surface area contributed by atoms with Gasteiger partial charge in [0.05, 0.1) is 16.7 Å². The maximum atomic E-state index is 6.72. The van der Waals surface area contributed by atoms with Crippen LogP contribution in [0.25, 0.3) is 82.1 Å². The number of furan rings is 2. The Labute approximate surface area is 286 Å². The molecule has 11 aromatic rings. The molecule has 0 bridgehead atoms. The average Bonchev–Trinajstić information content (AvgIpc) is 3.85. The van der Waals surface area contributed by atoms with Crippen LogP contribution in [0.2, 0.25) is 0 Å². The molecule has 0 unspecified atom stereocenters. The molecule has 0 saturated carbocycles. The Morgan fingerprint density at radius 2 is 1.02 bits per heavy atom. The highest BCUT2D eigenvalue weighted by atomic mass is 16.3. The number of rotatable bonds is 4. The number of benzene rings is 8. The topological polar surface area (TPSA) is 34.5 Å². The zero-order chi connectivity index (χ0) is 32.8. The van der Waals surface area contributed by atoms with Gasteiger partial charge < -0.3 is 18.3 Å². The van der Waals surface area contributed by atoms with Crippen LogP contribution in [0.1, 0.15) is 0 Å². The Balaban J connectivity index is 1.23. The van der Waals surface area contributed by atoms with Crippen molar-refractivity contribution in [3.8, 4) is 5.69 Å². The molecule has 0 N–H and O–H groups in total. The smallest absolute Gasteiger partial charge is 0.143 e. The van der Waals surface area contributed by atoms with Crippen LogP contribution in [0, 0.1) is 0 Å². The Kier molecular flexibility index (Phi) is 5.63. The number of nitrogens with zero attached hydrogens (tertiary/aromatic N) is 2. The van der Waals surface area contributed by atoms with Gasteiger partial charge in [0.1, 0.15) is 22.3 Å². The molecule has 0 aliphatic rings. The lowest BCUT2D eigenvalue weighted by molar-refractivity contribution is 0.669. The lowest BCUT2D eigenvalue weighted by Crippen LogP contribution is -2.11. The quantitative estimate of drug-likeness (QED) is 0.192. The standard InChI is InChI=1S/C46H28N2O2/c1-2-12-30(13-3-1)48-40-18-8-6-15-34(40)38-17-10-19-41(45(38)48)47(31-22-25-36-35-16-7-9-20-42(35)49-43(36)27-31)32-23-26-37-39-24-21-29-11-4-5-14-33(29)46(39)50-44(37)28-32/h1-28H. The minimum atomic E-state index is 0.847. The molecule has 0 fully saturated rings. The summed E-state index contributed by atoms with van der Waals surface area (Å²) in [7, 11) is 0. The molecule has 4 nitrogen and oxygen atoms in total. The molecule has 50 heavy (non-hydrogen) atoms. The molecule has 4 heteroatoms. The first-order valence-electron chi connectivity index (χ1n) is 16.9. The second-order valence-corrected chi connectivity index (χ2v) is 12.9. The summed E-state index contributed by atoms with van der Waals surface area (Å²) >= 11 is 0. The van der Waals surface area contributed by atoms with E-state index < -0.39 is 0 Å². The maximum Gasteiger partial charge on any atom is 0.143 e. The Morgan fingerprint density at radius 1 is 0.400 bits per heavy atom. The van der Waals surface area contributed by atoms with Gasteiger partial charge >= 0.3 is 0 Å². The molecule has 0 saturated heterocycles. The summed E-state index contributed by atoms with van der Waals surface area (Å²) in [5, 5.41) is 9.11. The van der Waals surface area contributed by atoms with E-state index in [2.05, 4.69) is 167 Å². The van der Waals surface area contributed by atoms with Crippen LogP contribution in [-0.4, -0.2) is 4.57 Å². The van der Waals surface area contributed by atoms with Gasteiger partial charge in [-0.3, -0.25) is 0 Å². The summed E-state index contributed by atoms with van der Waals surface area (Å²) in [6.07, 6.45) is 0. The minimum absolute atomic E-state index is 0.847. The zero-order valence-electron chi connectivity index (χ0n) is 26.9. The lowest BCUT2D eigenvalue weighted by Gasteiger charge is -2.27. The molecule has 0 spiro atoms. The number of hydrogen-bond acceptors (Lipinski definition) is 3. The van der Waals surface area contributed by atoms with E-state index in [1.165, 1.54) is 16.2 Å². The number of hydrogen-bond donors (Lipinski definition) is 0. The molecule has 0 aliphatic heterocycles. The van der Waals surface area contributed by atoms with Gasteiger partial charge in [0, 0.05) is 66.9 Å². The molecule has 11 rings (SSSR count). The molecule has 0 radical (unpaired) electrons. The third-order valence-corrected chi connectivity index (χ3v) is 10.2. The van der Waals surface area contributed by atoms with Crippen molar-refractivity contribution in [2.75, 3.05) is 4.90 Å². The first-order valence-corrected chi connectivity index (χ1v) is 16.9. The van der Waals surface area contributed by atoms with Crippen molar-refractivity contribution in [2.45, 2.75) is 0 Å². The summed E-state index contributed by atoms with van der Waals surface area (Å²) in [6, 6.07) is 60.1. The molecule has 0 amide bonds. The Morgan fingerprint density at radius 3 is 1.86 bits per heavy atom. The van der Waals surface area contributed by atoms with Crippen LogP contribution in [0.3, 0.4) is 0 Å². The normalized spacial score (nSPS) is 12.0. The zero-order valence-corrected chi connectivity index (χ0v) is 26.9. The van der Waals surface area contributed by atoms with E-state index in [1.54, 1.807) is 0 Å². The van der Waals surface area contributed by atoms with Crippen LogP contribution >= 0.6 is 0 Å². The number of para-hydroxylation sites is 4. The predicted octanol–water partition coefficient (Wildman–Crippen LogP) is 13.2. The maximum absolute atomic E-state index is 6.72. The second kappa shape index (κ2) is 10.4. The van der Waals surface area contributed by atoms with E-state index in [-0.39, 0.29) is 0 Å². The Bertz CT molecular complexity index is 3110. The summed E-state index contributed by atoms with van der Waals surface area (Å²) < 4.78 is 15.5. The Hall–Kier alpha value is -6.78. The summed E-state index contributed by atoms with van der Waals surface area (Å²) in [5.41, 5.74) is 9.93. The summed E-state index contributed by atoms with van der Waals surface area (Å²) in [6.45, 7) is 0. The SMILES string of the molecule is c1ccc(-n2c3ccccc3c3cccc(N(c4ccc5c(c4)oc4ccccc45)c4ccc5c(c4)oc4c6ccccc6ccc54)c32)cc1.